The van der Waals surface area contributed by atoms with Gasteiger partial charge in [0.2, 0.25) is 0 Å². The van der Waals surface area contributed by atoms with Gasteiger partial charge in [-0.3, -0.25) is 5.43 Å². The van der Waals surface area contributed by atoms with Gasteiger partial charge in [-0.15, -0.1) is 0 Å². The Kier molecular flexibility index (Phi) is 4.19. The lowest BCUT2D eigenvalue weighted by Gasteiger charge is -2.30. The van der Waals surface area contributed by atoms with E-state index in [0.717, 1.165) is 46.1 Å². The highest BCUT2D eigenvalue weighted by Crippen LogP contribution is 2.12. The number of ether oxygens (including phenoxy) is 2. The molecule has 2 heterocycles. The van der Waals surface area contributed by atoms with Gasteiger partial charge in [0.05, 0.1) is 19.8 Å². The van der Waals surface area contributed by atoms with E-state index in [1.807, 2.05) is 0 Å². The number of rotatable bonds is 3. The van der Waals surface area contributed by atoms with Gasteiger partial charge in [0.15, 0.2) is 0 Å². The molecule has 0 amide bonds. The van der Waals surface area contributed by atoms with Crippen LogP contribution in [0.3, 0.4) is 0 Å². The van der Waals surface area contributed by atoms with Crippen LogP contribution in [-0.2, 0) is 9.47 Å². The Labute approximate surface area is 85.5 Å². The van der Waals surface area contributed by atoms with Crippen LogP contribution in [0.4, 0.5) is 0 Å². The third-order valence-corrected chi connectivity index (χ3v) is 2.87. The summed E-state index contributed by atoms with van der Waals surface area (Å²) >= 11 is 0. The molecule has 1 N–H and O–H groups in total. The maximum absolute atomic E-state index is 5.44. The van der Waals surface area contributed by atoms with Gasteiger partial charge in [0.25, 0.3) is 0 Å². The molecule has 2 aliphatic rings. The first-order valence-electron chi connectivity index (χ1n) is 5.59. The van der Waals surface area contributed by atoms with Crippen LogP contribution in [-0.4, -0.2) is 51.1 Å². The Bertz CT molecular complexity index is 136. The summed E-state index contributed by atoms with van der Waals surface area (Å²) in [5.41, 5.74) is 3.46. The highest BCUT2D eigenvalue weighted by molar-refractivity contribution is 4.66. The van der Waals surface area contributed by atoms with Crippen molar-refractivity contribution in [3.63, 3.8) is 0 Å². The van der Waals surface area contributed by atoms with Crippen molar-refractivity contribution in [3.05, 3.63) is 0 Å². The van der Waals surface area contributed by atoms with Crippen molar-refractivity contribution in [2.24, 2.45) is 5.92 Å². The van der Waals surface area contributed by atoms with E-state index in [1.165, 1.54) is 12.8 Å². The second-order valence-corrected chi connectivity index (χ2v) is 4.04. The van der Waals surface area contributed by atoms with Crippen LogP contribution in [0.15, 0.2) is 0 Å². The summed E-state index contributed by atoms with van der Waals surface area (Å²) < 4.78 is 10.7. The molecule has 2 rings (SSSR count). The minimum atomic E-state index is 0.701. The fourth-order valence-corrected chi connectivity index (χ4v) is 1.95. The van der Waals surface area contributed by atoms with Gasteiger partial charge in [-0.1, -0.05) is 0 Å². The summed E-state index contributed by atoms with van der Waals surface area (Å²) in [6, 6.07) is 0. The fourth-order valence-electron chi connectivity index (χ4n) is 1.95. The van der Waals surface area contributed by atoms with Crippen LogP contribution in [0.5, 0.6) is 0 Å². The molecule has 0 saturated carbocycles. The summed E-state index contributed by atoms with van der Waals surface area (Å²) in [4.78, 5) is 0. The van der Waals surface area contributed by atoms with Crippen molar-refractivity contribution in [2.45, 2.75) is 12.8 Å². The number of morpholine rings is 1. The minimum Gasteiger partial charge on any atom is -0.381 e. The zero-order chi connectivity index (χ0) is 9.64. The predicted octanol–water partition coefficient (Wildman–Crippen LogP) is 0.250. The number of hydrogen-bond acceptors (Lipinski definition) is 4. The Balaban J connectivity index is 1.60. The molecule has 0 aromatic heterocycles. The molecular weight excluding hydrogens is 180 g/mol. The predicted molar refractivity (Wildman–Crippen MR) is 53.9 cm³/mol. The fraction of sp³-hybridized carbons (Fsp3) is 1.00. The monoisotopic (exact) mass is 200 g/mol. The van der Waals surface area contributed by atoms with Gasteiger partial charge < -0.3 is 9.47 Å². The van der Waals surface area contributed by atoms with Crippen LogP contribution in [0.2, 0.25) is 0 Å². The van der Waals surface area contributed by atoms with E-state index in [4.69, 9.17) is 9.47 Å². The van der Waals surface area contributed by atoms with Crippen LogP contribution in [0, 0.1) is 5.92 Å². The number of hydrazine groups is 1. The molecule has 82 valence electrons. The van der Waals surface area contributed by atoms with Crippen molar-refractivity contribution < 1.29 is 9.47 Å². The molecule has 2 fully saturated rings. The Morgan fingerprint density at radius 2 is 2.00 bits per heavy atom. The van der Waals surface area contributed by atoms with E-state index < -0.39 is 0 Å². The summed E-state index contributed by atoms with van der Waals surface area (Å²) in [5.74, 6) is 0.701. The van der Waals surface area contributed by atoms with Gasteiger partial charge >= 0.3 is 0 Å². The lowest BCUT2D eigenvalue weighted by atomic mass is 10.0. The Hall–Kier alpha value is -0.160. The molecule has 0 aromatic carbocycles. The largest absolute Gasteiger partial charge is 0.381 e. The molecule has 14 heavy (non-hydrogen) atoms. The van der Waals surface area contributed by atoms with E-state index >= 15 is 0 Å². The van der Waals surface area contributed by atoms with Crippen molar-refractivity contribution in [1.82, 2.24) is 10.4 Å². The maximum Gasteiger partial charge on any atom is 0.0608 e. The quantitative estimate of drug-likeness (QED) is 0.708. The second kappa shape index (κ2) is 5.66. The topological polar surface area (TPSA) is 33.7 Å². The highest BCUT2D eigenvalue weighted by atomic mass is 16.5. The molecule has 2 aliphatic heterocycles. The molecular formula is C10H20N2O2. The first kappa shape index (κ1) is 10.4. The molecule has 0 spiro atoms. The van der Waals surface area contributed by atoms with Gasteiger partial charge in [0, 0.05) is 26.2 Å². The third-order valence-electron chi connectivity index (χ3n) is 2.87. The van der Waals surface area contributed by atoms with Gasteiger partial charge in [-0.2, -0.15) is 0 Å². The van der Waals surface area contributed by atoms with Gasteiger partial charge in [-0.25, -0.2) is 5.01 Å². The molecule has 4 nitrogen and oxygen atoms in total. The lowest BCUT2D eigenvalue weighted by Crippen LogP contribution is -2.48. The second-order valence-electron chi connectivity index (χ2n) is 4.04. The van der Waals surface area contributed by atoms with Gasteiger partial charge in [-0.05, 0) is 18.8 Å². The first-order chi connectivity index (χ1) is 6.95. The molecule has 1 unspecified atom stereocenters. The van der Waals surface area contributed by atoms with E-state index in [1.54, 1.807) is 0 Å². The third kappa shape index (κ3) is 3.20. The van der Waals surface area contributed by atoms with Crippen molar-refractivity contribution >= 4 is 0 Å². The zero-order valence-electron chi connectivity index (χ0n) is 8.71. The van der Waals surface area contributed by atoms with E-state index in [2.05, 4.69) is 10.4 Å². The average Bonchev–Trinajstić information content (AvgIpc) is 2.29. The number of nitrogens with one attached hydrogen (secondary N) is 1. The molecule has 0 radical (unpaired) electrons. The molecule has 4 heteroatoms. The van der Waals surface area contributed by atoms with Crippen LogP contribution >= 0.6 is 0 Å². The SMILES string of the molecule is C1COCC(CNN2CCOCC2)C1. The lowest BCUT2D eigenvalue weighted by molar-refractivity contribution is -0.00157. The van der Waals surface area contributed by atoms with E-state index in [9.17, 15) is 0 Å². The highest BCUT2D eigenvalue weighted by Gasteiger charge is 2.16. The Morgan fingerprint density at radius 3 is 2.71 bits per heavy atom. The molecule has 1 atom stereocenters. The standard InChI is InChI=1S/C10H20N2O2/c1-2-10(9-14-5-1)8-11-12-3-6-13-7-4-12/h10-11H,1-9H2. The smallest absolute Gasteiger partial charge is 0.0608 e. The first-order valence-corrected chi connectivity index (χ1v) is 5.59. The molecule has 0 aromatic rings. The van der Waals surface area contributed by atoms with E-state index in [0.29, 0.717) is 5.92 Å². The van der Waals surface area contributed by atoms with Crippen molar-refractivity contribution in [3.8, 4) is 0 Å². The minimum absolute atomic E-state index is 0.701. The molecule has 2 saturated heterocycles. The van der Waals surface area contributed by atoms with E-state index in [-0.39, 0.29) is 0 Å². The summed E-state index contributed by atoms with van der Waals surface area (Å²) in [6.07, 6.45) is 2.52. The van der Waals surface area contributed by atoms with Crippen molar-refractivity contribution in [1.29, 1.82) is 0 Å². The average molecular weight is 200 g/mol. The molecule has 0 bridgehead atoms. The Morgan fingerprint density at radius 1 is 1.14 bits per heavy atom. The number of hydrogen-bond donors (Lipinski definition) is 1. The van der Waals surface area contributed by atoms with Crippen molar-refractivity contribution in [2.75, 3.05) is 46.1 Å². The summed E-state index contributed by atoms with van der Waals surface area (Å²) in [6.45, 7) is 6.66. The summed E-state index contributed by atoms with van der Waals surface area (Å²) in [7, 11) is 0. The van der Waals surface area contributed by atoms with Crippen LogP contribution in [0.25, 0.3) is 0 Å². The number of nitrogens with zero attached hydrogens (tertiary/aromatic N) is 1. The zero-order valence-corrected chi connectivity index (χ0v) is 8.71. The molecule has 0 aliphatic carbocycles. The van der Waals surface area contributed by atoms with Crippen LogP contribution < -0.4 is 5.43 Å². The normalized spacial score (nSPS) is 30.4. The van der Waals surface area contributed by atoms with Gasteiger partial charge in [0.1, 0.15) is 0 Å². The van der Waals surface area contributed by atoms with Crippen LogP contribution in [0.1, 0.15) is 12.8 Å². The maximum atomic E-state index is 5.44. The summed E-state index contributed by atoms with van der Waals surface area (Å²) in [5, 5.41) is 2.26.